The molecule has 0 aromatic heterocycles. The molecule has 1 aliphatic rings. The van der Waals surface area contributed by atoms with Crippen LogP contribution in [0.25, 0.3) is 10.8 Å². The van der Waals surface area contributed by atoms with Crippen molar-refractivity contribution in [2.24, 2.45) is 10.9 Å². The van der Waals surface area contributed by atoms with E-state index in [0.717, 1.165) is 0 Å². The third-order valence-corrected chi connectivity index (χ3v) is 9.81. The van der Waals surface area contributed by atoms with Gasteiger partial charge in [-0.15, -0.1) is 0 Å². The van der Waals surface area contributed by atoms with Crippen molar-refractivity contribution >= 4 is 42.0 Å². The van der Waals surface area contributed by atoms with Gasteiger partial charge in [0.1, 0.15) is 0 Å². The number of fused-ring (bicyclic) bond motifs is 3. The van der Waals surface area contributed by atoms with Crippen molar-refractivity contribution in [1.29, 1.82) is 0 Å². The Morgan fingerprint density at radius 2 is 1.75 bits per heavy atom. The molecule has 0 saturated carbocycles. The van der Waals surface area contributed by atoms with Gasteiger partial charge in [-0.25, -0.2) is 0 Å². The summed E-state index contributed by atoms with van der Waals surface area (Å²) < 4.78 is 0.203. The van der Waals surface area contributed by atoms with Gasteiger partial charge in [0.25, 0.3) is 0 Å². The van der Waals surface area contributed by atoms with Crippen molar-refractivity contribution in [3.8, 4) is 0 Å². The number of rotatable bonds is 2. The third kappa shape index (κ3) is 1.84. The van der Waals surface area contributed by atoms with Crippen LogP contribution in [-0.4, -0.2) is 15.6 Å². The fraction of sp³-hybridized carbons (Fsp3) is 0.389. The predicted molar refractivity (Wildman–Crippen MR) is 99.1 cm³/mol. The van der Waals surface area contributed by atoms with Crippen molar-refractivity contribution in [2.45, 2.75) is 24.2 Å². The number of hydrogen-bond donors (Lipinski definition) is 0. The van der Waals surface area contributed by atoms with Gasteiger partial charge < -0.3 is 0 Å². The van der Waals surface area contributed by atoms with E-state index >= 15 is 0 Å². The molecule has 1 unspecified atom stereocenters. The second-order valence-corrected chi connectivity index (χ2v) is 12.6. The van der Waals surface area contributed by atoms with Crippen LogP contribution in [0.2, 0.25) is 0 Å². The zero-order valence-electron chi connectivity index (χ0n) is 12.9. The Morgan fingerprint density at radius 1 is 1.05 bits per heavy atom. The van der Waals surface area contributed by atoms with Crippen LogP contribution in [0.5, 0.6) is 0 Å². The second kappa shape index (κ2) is 4.83. The average molecular weight is 379 g/mol. The summed E-state index contributed by atoms with van der Waals surface area (Å²) in [4.78, 5) is 9.97. The number of halogens is 1. The summed E-state index contributed by atoms with van der Waals surface area (Å²) in [6, 6.07) is 13.2. The molecule has 1 heterocycles. The summed E-state index contributed by atoms with van der Waals surface area (Å²) in [5, 5.41) is 2.74. The topological polar surface area (TPSA) is 12.4 Å². The van der Waals surface area contributed by atoms with Crippen LogP contribution in [0.4, 0.5) is 5.69 Å². The zero-order valence-corrected chi connectivity index (χ0v) is 15.0. The number of aliphatic imine (C=N–C) groups is 1. The molecule has 0 fully saturated rings. The van der Waals surface area contributed by atoms with Gasteiger partial charge in [0.15, 0.2) is 0 Å². The summed E-state index contributed by atoms with van der Waals surface area (Å²) in [5.74, 6) is 0.519. The van der Waals surface area contributed by atoms with Crippen LogP contribution < -0.4 is 0 Å². The predicted octanol–water partition coefficient (Wildman–Crippen LogP) is 5.56. The molecule has 0 saturated heterocycles. The van der Waals surface area contributed by atoms with Gasteiger partial charge in [-0.2, -0.15) is 0 Å². The first-order valence-corrected chi connectivity index (χ1v) is 12.5. The fourth-order valence-electron chi connectivity index (χ4n) is 3.26. The summed E-state index contributed by atoms with van der Waals surface area (Å²) in [7, 11) is 0. The number of benzene rings is 2. The summed E-state index contributed by atoms with van der Waals surface area (Å²) >= 11 is -1.11. The Balaban J connectivity index is 2.36. The van der Waals surface area contributed by atoms with Gasteiger partial charge in [-0.1, -0.05) is 0 Å². The molecule has 106 valence electrons. The van der Waals surface area contributed by atoms with Crippen LogP contribution >= 0.6 is 19.8 Å². The summed E-state index contributed by atoms with van der Waals surface area (Å²) in [6.45, 7) is 7.00. The number of nitrogens with zero attached hydrogens (tertiary/aromatic N) is 1. The molecule has 2 aromatic carbocycles. The molecule has 2 aromatic rings. The molecule has 1 aliphatic heterocycles. The van der Waals surface area contributed by atoms with E-state index in [-0.39, 0.29) is 3.42 Å². The van der Waals surface area contributed by atoms with Crippen LogP contribution in [0.1, 0.15) is 26.3 Å². The van der Waals surface area contributed by atoms with Crippen LogP contribution in [0.3, 0.4) is 0 Å². The van der Waals surface area contributed by atoms with Gasteiger partial charge in [0.2, 0.25) is 0 Å². The maximum absolute atomic E-state index is 5.03. The Labute approximate surface area is 128 Å². The summed E-state index contributed by atoms with van der Waals surface area (Å²) in [5.41, 5.74) is 4.11. The van der Waals surface area contributed by atoms with E-state index in [1.54, 1.807) is 0 Å². The monoisotopic (exact) mass is 379 g/mol. The number of alkyl halides is 3. The van der Waals surface area contributed by atoms with E-state index in [1.807, 2.05) is 0 Å². The Bertz CT molecular complexity index is 700. The molecule has 1 atom stereocenters. The molecule has 2 heteroatoms. The summed E-state index contributed by atoms with van der Waals surface area (Å²) in [6.07, 6.45) is 0. The molecule has 20 heavy (non-hydrogen) atoms. The zero-order chi connectivity index (χ0) is 14.5. The average Bonchev–Trinajstić information content (AvgIpc) is 2.74. The van der Waals surface area contributed by atoms with E-state index in [0.29, 0.717) is 5.92 Å². The van der Waals surface area contributed by atoms with Gasteiger partial charge >= 0.3 is 129 Å². The fourth-order valence-corrected chi connectivity index (χ4v) is 6.76. The molecular formula is C18H22IN. The first kappa shape index (κ1) is 14.1. The van der Waals surface area contributed by atoms with Crippen LogP contribution in [0, 0.1) is 5.92 Å². The molecule has 0 N–H and O–H groups in total. The van der Waals surface area contributed by atoms with Crippen LogP contribution in [0.15, 0.2) is 41.4 Å². The first-order valence-electron chi connectivity index (χ1n) is 7.07. The van der Waals surface area contributed by atoms with Gasteiger partial charge in [-0.3, -0.25) is 0 Å². The van der Waals surface area contributed by atoms with Gasteiger partial charge in [-0.05, 0) is 0 Å². The minimum atomic E-state index is -1.11. The molecule has 0 spiro atoms. The van der Waals surface area contributed by atoms with E-state index < -0.39 is 19.8 Å². The quantitative estimate of drug-likeness (QED) is 0.478. The van der Waals surface area contributed by atoms with Crippen molar-refractivity contribution in [1.82, 2.24) is 0 Å². The molecule has 0 amide bonds. The second-order valence-electron chi connectivity index (χ2n) is 6.09. The Hall–Kier alpha value is -0.900. The van der Waals surface area contributed by atoms with Crippen LogP contribution in [-0.2, 0) is 3.42 Å². The molecule has 1 nitrogen and oxygen atoms in total. The normalized spacial score (nSPS) is 22.1. The van der Waals surface area contributed by atoms with E-state index in [2.05, 4.69) is 67.0 Å². The van der Waals surface area contributed by atoms with Crippen molar-refractivity contribution in [3.05, 3.63) is 42.0 Å². The standard InChI is InChI=1S/C18H22IN/c1-12(2)17-18(3,19(4)5)16-14-9-7-6-8-13(14)10-11-15(16)20-17/h6-12H,1-5H3. The van der Waals surface area contributed by atoms with Gasteiger partial charge in [0.05, 0.1) is 0 Å². The molecule has 0 aliphatic carbocycles. The SMILES string of the molecule is CC(C)C1=Nc2ccc3ccccc3c2C1(C)I(C)C. The molecule has 0 radical (unpaired) electrons. The van der Waals surface area contributed by atoms with Crippen molar-refractivity contribution < 1.29 is 0 Å². The first-order chi connectivity index (χ1) is 9.46. The van der Waals surface area contributed by atoms with E-state index in [4.69, 9.17) is 4.99 Å². The van der Waals surface area contributed by atoms with Crippen molar-refractivity contribution in [2.75, 3.05) is 9.86 Å². The Kier molecular flexibility index (Phi) is 3.39. The van der Waals surface area contributed by atoms with Gasteiger partial charge in [0, 0.05) is 0 Å². The molecule has 0 bridgehead atoms. The maximum atomic E-state index is 5.03. The van der Waals surface area contributed by atoms with E-state index in [9.17, 15) is 0 Å². The molecule has 3 rings (SSSR count). The van der Waals surface area contributed by atoms with Crippen molar-refractivity contribution in [3.63, 3.8) is 0 Å². The minimum absolute atomic E-state index is 0.203. The number of hydrogen-bond acceptors (Lipinski definition) is 1. The Morgan fingerprint density at radius 3 is 2.40 bits per heavy atom. The molecular weight excluding hydrogens is 357 g/mol. The third-order valence-electron chi connectivity index (χ3n) is 4.40. The van der Waals surface area contributed by atoms with E-state index in [1.165, 1.54) is 27.7 Å².